The van der Waals surface area contributed by atoms with Crippen LogP contribution >= 0.6 is 0 Å². The highest BCUT2D eigenvalue weighted by molar-refractivity contribution is 5.66. The van der Waals surface area contributed by atoms with Crippen molar-refractivity contribution < 1.29 is 4.52 Å². The number of aromatic amines is 1. The molecule has 0 aliphatic rings. The number of nitrogens with zero attached hydrogens (tertiary/aromatic N) is 1. The molecule has 5 nitrogen and oxygen atoms in total. The number of anilines is 1. The van der Waals surface area contributed by atoms with Crippen LogP contribution in [0.1, 0.15) is 5.56 Å². The largest absolute Gasteiger partial charge is 0.391 e. The highest BCUT2D eigenvalue weighted by Crippen LogP contribution is 2.20. The van der Waals surface area contributed by atoms with Crippen molar-refractivity contribution in [2.75, 3.05) is 5.73 Å². The maximum atomic E-state index is 11.0. The summed E-state index contributed by atoms with van der Waals surface area (Å²) < 4.78 is 4.91. The zero-order chi connectivity index (χ0) is 10.1. The molecule has 0 saturated heterocycles. The van der Waals surface area contributed by atoms with Gasteiger partial charge in [0.25, 0.3) is 0 Å². The van der Waals surface area contributed by atoms with Crippen molar-refractivity contribution in [3.8, 4) is 11.5 Å². The summed E-state index contributed by atoms with van der Waals surface area (Å²) in [5.74, 6) is 0.290. The number of nitrogen functional groups attached to an aromatic ring is 1. The Bertz CT molecular complexity index is 513. The molecule has 0 spiro atoms. The minimum atomic E-state index is -0.427. The van der Waals surface area contributed by atoms with E-state index in [4.69, 9.17) is 10.3 Å². The second-order valence-electron chi connectivity index (χ2n) is 2.99. The first kappa shape index (κ1) is 8.55. The quantitative estimate of drug-likeness (QED) is 0.701. The molecule has 2 rings (SSSR count). The van der Waals surface area contributed by atoms with E-state index in [-0.39, 0.29) is 5.69 Å². The molecule has 0 atom stereocenters. The Morgan fingerprint density at radius 3 is 2.93 bits per heavy atom. The summed E-state index contributed by atoms with van der Waals surface area (Å²) in [6.45, 7) is 1.92. The average molecular weight is 191 g/mol. The van der Waals surface area contributed by atoms with Gasteiger partial charge in [-0.25, -0.2) is 0 Å². The lowest BCUT2D eigenvalue weighted by Crippen LogP contribution is -2.04. The first-order chi connectivity index (χ1) is 6.68. The summed E-state index contributed by atoms with van der Waals surface area (Å²) in [6.07, 6.45) is 1.64. The zero-order valence-corrected chi connectivity index (χ0v) is 7.57. The van der Waals surface area contributed by atoms with E-state index >= 15 is 0 Å². The zero-order valence-electron chi connectivity index (χ0n) is 7.57. The molecule has 14 heavy (non-hydrogen) atoms. The highest BCUT2D eigenvalue weighted by Gasteiger charge is 2.12. The van der Waals surface area contributed by atoms with Gasteiger partial charge in [-0.1, -0.05) is 0 Å². The number of nitrogens with one attached hydrogen (secondary N) is 1. The maximum Gasteiger partial charge on any atom is 0.303 e. The van der Waals surface area contributed by atoms with E-state index < -0.39 is 5.56 Å². The van der Waals surface area contributed by atoms with Crippen molar-refractivity contribution in [1.29, 1.82) is 0 Å². The van der Waals surface area contributed by atoms with Gasteiger partial charge in [0, 0.05) is 6.20 Å². The molecule has 0 amide bonds. The molecule has 0 aromatic carbocycles. The molecule has 0 saturated carbocycles. The van der Waals surface area contributed by atoms with E-state index in [1.807, 2.05) is 13.0 Å². The fraction of sp³-hybridized carbons (Fsp3) is 0.111. The van der Waals surface area contributed by atoms with Crippen molar-refractivity contribution in [3.63, 3.8) is 0 Å². The second kappa shape index (κ2) is 3.02. The van der Waals surface area contributed by atoms with Gasteiger partial charge in [-0.3, -0.25) is 9.78 Å². The summed E-state index contributed by atoms with van der Waals surface area (Å²) in [7, 11) is 0. The monoisotopic (exact) mass is 191 g/mol. The molecular weight excluding hydrogens is 182 g/mol. The molecule has 5 heteroatoms. The van der Waals surface area contributed by atoms with Gasteiger partial charge in [-0.05, 0) is 24.6 Å². The molecule has 0 radical (unpaired) electrons. The predicted molar refractivity (Wildman–Crippen MR) is 51.7 cm³/mol. The molecular formula is C9H9N3O2. The lowest BCUT2D eigenvalue weighted by Gasteiger charge is -1.96. The van der Waals surface area contributed by atoms with Gasteiger partial charge in [0.1, 0.15) is 11.4 Å². The Morgan fingerprint density at radius 2 is 2.36 bits per heavy atom. The van der Waals surface area contributed by atoms with Gasteiger partial charge >= 0.3 is 5.56 Å². The number of hydrogen-bond donors (Lipinski definition) is 2. The Hall–Kier alpha value is -2.04. The number of hydrogen-bond acceptors (Lipinski definition) is 4. The lowest BCUT2D eigenvalue weighted by molar-refractivity contribution is 0.425. The third-order valence-electron chi connectivity index (χ3n) is 1.88. The van der Waals surface area contributed by atoms with Crippen LogP contribution in [0.25, 0.3) is 11.5 Å². The van der Waals surface area contributed by atoms with Gasteiger partial charge in [0.15, 0.2) is 0 Å². The summed E-state index contributed by atoms with van der Waals surface area (Å²) in [5, 5.41) is 2.16. The van der Waals surface area contributed by atoms with Crippen LogP contribution in [0.2, 0.25) is 0 Å². The third kappa shape index (κ3) is 1.28. The Kier molecular flexibility index (Phi) is 1.85. The Morgan fingerprint density at radius 1 is 1.57 bits per heavy atom. The highest BCUT2D eigenvalue weighted by atomic mass is 16.5. The van der Waals surface area contributed by atoms with Crippen molar-refractivity contribution in [2.24, 2.45) is 0 Å². The summed E-state index contributed by atoms with van der Waals surface area (Å²) >= 11 is 0. The summed E-state index contributed by atoms with van der Waals surface area (Å²) in [4.78, 5) is 15.0. The van der Waals surface area contributed by atoms with E-state index in [0.717, 1.165) is 5.56 Å². The fourth-order valence-electron chi connectivity index (χ4n) is 1.16. The topological polar surface area (TPSA) is 84.9 Å². The van der Waals surface area contributed by atoms with Crippen LogP contribution in [0.5, 0.6) is 0 Å². The molecule has 0 bridgehead atoms. The molecule has 0 aliphatic carbocycles. The van der Waals surface area contributed by atoms with Crippen LogP contribution in [-0.4, -0.2) is 10.1 Å². The van der Waals surface area contributed by atoms with Crippen LogP contribution in [0.4, 0.5) is 5.69 Å². The number of aryl methyl sites for hydroxylation is 1. The SMILES string of the molecule is Cc1ccnc(-c2o[nH]c(=O)c2N)c1. The number of nitrogens with two attached hydrogens (primary N) is 1. The number of aromatic nitrogens is 2. The second-order valence-corrected chi connectivity index (χ2v) is 2.99. The first-order valence-corrected chi connectivity index (χ1v) is 4.08. The standard InChI is InChI=1S/C9H9N3O2/c1-5-2-3-11-6(4-5)8-7(10)9(13)12-14-8/h2-4H,10H2,1H3,(H,12,13). The molecule has 2 aromatic rings. The normalized spacial score (nSPS) is 10.4. The van der Waals surface area contributed by atoms with E-state index in [1.165, 1.54) is 0 Å². The van der Waals surface area contributed by atoms with Gasteiger partial charge in [-0.15, -0.1) is 0 Å². The van der Waals surface area contributed by atoms with Crippen molar-refractivity contribution >= 4 is 5.69 Å². The minimum Gasteiger partial charge on any atom is -0.391 e. The van der Waals surface area contributed by atoms with Gasteiger partial charge in [-0.2, -0.15) is 5.16 Å². The molecule has 72 valence electrons. The van der Waals surface area contributed by atoms with Gasteiger partial charge in [0.05, 0.1) is 0 Å². The first-order valence-electron chi connectivity index (χ1n) is 4.08. The molecule has 0 fully saturated rings. The molecule has 2 heterocycles. The molecule has 0 aliphatic heterocycles. The van der Waals surface area contributed by atoms with Crippen molar-refractivity contribution in [3.05, 3.63) is 34.2 Å². The average Bonchev–Trinajstić information content (AvgIpc) is 2.48. The van der Waals surface area contributed by atoms with Gasteiger partial charge < -0.3 is 10.3 Å². The van der Waals surface area contributed by atoms with Crippen LogP contribution in [0.15, 0.2) is 27.6 Å². The van der Waals surface area contributed by atoms with E-state index in [1.54, 1.807) is 12.3 Å². The van der Waals surface area contributed by atoms with Crippen molar-refractivity contribution in [1.82, 2.24) is 10.1 Å². The molecule has 3 N–H and O–H groups in total. The minimum absolute atomic E-state index is 0.0584. The fourth-order valence-corrected chi connectivity index (χ4v) is 1.16. The third-order valence-corrected chi connectivity index (χ3v) is 1.88. The molecule has 0 unspecified atom stereocenters. The smallest absolute Gasteiger partial charge is 0.303 e. The maximum absolute atomic E-state index is 11.0. The van der Waals surface area contributed by atoms with E-state index in [2.05, 4.69) is 10.1 Å². The van der Waals surface area contributed by atoms with E-state index in [0.29, 0.717) is 11.5 Å². The predicted octanol–water partition coefficient (Wildman–Crippen LogP) is 0.921. The summed E-state index contributed by atoms with van der Waals surface area (Å²) in [6, 6.07) is 3.65. The number of rotatable bonds is 1. The van der Waals surface area contributed by atoms with Crippen LogP contribution in [-0.2, 0) is 0 Å². The summed E-state index contributed by atoms with van der Waals surface area (Å²) in [5.41, 5.74) is 6.72. The number of pyridine rings is 1. The van der Waals surface area contributed by atoms with Gasteiger partial charge in [0.2, 0.25) is 5.76 Å². The Balaban J connectivity index is 2.60. The van der Waals surface area contributed by atoms with Crippen LogP contribution in [0.3, 0.4) is 0 Å². The van der Waals surface area contributed by atoms with E-state index in [9.17, 15) is 4.79 Å². The van der Waals surface area contributed by atoms with Crippen LogP contribution in [0, 0.1) is 6.92 Å². The lowest BCUT2D eigenvalue weighted by atomic mass is 10.2. The Labute approximate surface area is 79.5 Å². The number of H-pyrrole nitrogens is 1. The van der Waals surface area contributed by atoms with Crippen LogP contribution < -0.4 is 11.3 Å². The van der Waals surface area contributed by atoms with Crippen molar-refractivity contribution in [2.45, 2.75) is 6.92 Å². The molecule has 2 aromatic heterocycles.